The highest BCUT2D eigenvalue weighted by Gasteiger charge is 2.57. The highest BCUT2D eigenvalue weighted by atomic mass is 32.2. The van der Waals surface area contributed by atoms with Crippen LogP contribution in [0.15, 0.2) is 72.8 Å². The first-order valence-corrected chi connectivity index (χ1v) is 14.5. The Labute approximate surface area is 244 Å². The van der Waals surface area contributed by atoms with Gasteiger partial charge in [-0.05, 0) is 55.2 Å². The molecule has 3 aromatic carbocycles. The molecule has 9 heteroatoms. The lowest BCUT2D eigenvalue weighted by Gasteiger charge is -2.31. The summed E-state index contributed by atoms with van der Waals surface area (Å²) in [5, 5.41) is 5.77. The fraction of sp³-hybridized carbons (Fsp3) is 0.344. The largest absolute Gasteiger partial charge is 0.493 e. The van der Waals surface area contributed by atoms with E-state index in [1.54, 1.807) is 30.9 Å². The molecular formula is C32H35N3O5S. The third kappa shape index (κ3) is 5.77. The van der Waals surface area contributed by atoms with E-state index in [2.05, 4.69) is 10.6 Å². The van der Waals surface area contributed by atoms with E-state index in [4.69, 9.17) is 9.47 Å². The number of thioether (sulfide) groups is 1. The predicted molar refractivity (Wildman–Crippen MR) is 159 cm³/mol. The van der Waals surface area contributed by atoms with Crippen LogP contribution in [0.4, 0.5) is 0 Å². The normalized spacial score (nSPS) is 19.2. The smallest absolute Gasteiger partial charge is 0.256 e. The second-order valence-electron chi connectivity index (χ2n) is 10.8. The topological polar surface area (TPSA) is 97.0 Å². The molecule has 0 aromatic heterocycles. The summed E-state index contributed by atoms with van der Waals surface area (Å²) in [6, 6.07) is 21.2. The lowest BCUT2D eigenvalue weighted by molar-refractivity contribution is -0.131. The van der Waals surface area contributed by atoms with E-state index in [-0.39, 0.29) is 23.1 Å². The minimum Gasteiger partial charge on any atom is -0.493 e. The highest BCUT2D eigenvalue weighted by molar-refractivity contribution is 8.01. The maximum Gasteiger partial charge on any atom is 0.256 e. The van der Waals surface area contributed by atoms with Gasteiger partial charge >= 0.3 is 0 Å². The Balaban J connectivity index is 1.31. The second kappa shape index (κ2) is 11.9. The number of benzene rings is 3. The average Bonchev–Trinajstić information content (AvgIpc) is 3.41. The SMILES string of the molecule is COc1ccc(CCNC(=O)[C@H](Cc2ccccc2)NC(=O)[C@H]2N3C(=O)c4ccccc4C3SC2(C)C)cc1OC. The molecule has 5 rings (SSSR count). The summed E-state index contributed by atoms with van der Waals surface area (Å²) < 4.78 is 10.2. The lowest BCUT2D eigenvalue weighted by atomic mass is 9.99. The third-order valence-corrected chi connectivity index (χ3v) is 9.16. The quantitative estimate of drug-likeness (QED) is 0.379. The number of nitrogens with one attached hydrogen (secondary N) is 2. The van der Waals surface area contributed by atoms with Crippen molar-refractivity contribution < 1.29 is 23.9 Å². The molecular weight excluding hydrogens is 538 g/mol. The number of hydrogen-bond acceptors (Lipinski definition) is 6. The summed E-state index contributed by atoms with van der Waals surface area (Å²) in [7, 11) is 3.17. The van der Waals surface area contributed by atoms with Gasteiger partial charge in [-0.1, -0.05) is 54.6 Å². The van der Waals surface area contributed by atoms with E-state index < -0.39 is 16.8 Å². The van der Waals surface area contributed by atoms with Crippen LogP contribution in [0.1, 0.15) is 46.3 Å². The third-order valence-electron chi connectivity index (χ3n) is 7.62. The maximum absolute atomic E-state index is 13.9. The van der Waals surface area contributed by atoms with Crippen molar-refractivity contribution in [1.82, 2.24) is 15.5 Å². The van der Waals surface area contributed by atoms with Gasteiger partial charge in [0.25, 0.3) is 5.91 Å². The average molecular weight is 574 g/mol. The summed E-state index contributed by atoms with van der Waals surface area (Å²) >= 11 is 1.60. The van der Waals surface area contributed by atoms with E-state index in [0.29, 0.717) is 36.4 Å². The van der Waals surface area contributed by atoms with Crippen LogP contribution in [0, 0.1) is 0 Å². The molecule has 1 unspecified atom stereocenters. The summed E-state index contributed by atoms with van der Waals surface area (Å²) in [6.45, 7) is 4.33. The molecule has 0 saturated carbocycles. The van der Waals surface area contributed by atoms with Crippen LogP contribution in [0.3, 0.4) is 0 Å². The van der Waals surface area contributed by atoms with Gasteiger partial charge in [0.15, 0.2) is 11.5 Å². The highest BCUT2D eigenvalue weighted by Crippen LogP contribution is 2.56. The molecule has 0 radical (unpaired) electrons. The fourth-order valence-corrected chi connectivity index (χ4v) is 7.19. The molecule has 0 aliphatic carbocycles. The van der Waals surface area contributed by atoms with Gasteiger partial charge in [0, 0.05) is 23.3 Å². The van der Waals surface area contributed by atoms with Gasteiger partial charge in [0.05, 0.1) is 14.2 Å². The number of rotatable bonds is 10. The van der Waals surface area contributed by atoms with E-state index >= 15 is 0 Å². The molecule has 0 bridgehead atoms. The Morgan fingerprint density at radius 1 is 0.951 bits per heavy atom. The number of hydrogen-bond donors (Lipinski definition) is 2. The van der Waals surface area contributed by atoms with Crippen molar-refractivity contribution in [3.63, 3.8) is 0 Å². The van der Waals surface area contributed by atoms with Crippen molar-refractivity contribution in [2.24, 2.45) is 0 Å². The first-order chi connectivity index (χ1) is 19.7. The minimum atomic E-state index is -0.810. The standard InChI is InChI=1S/C32H35N3O5S/c1-32(2)27(35-30(38)22-12-8-9-13-23(22)31(35)41-32)29(37)34-24(18-20-10-6-5-7-11-20)28(36)33-17-16-21-14-15-25(39-3)26(19-21)40-4/h5-15,19,24,27,31H,16-18H2,1-4H3,(H,33,36)(H,34,37)/t24-,27+,31?/m0/s1. The number of carbonyl (C=O) groups excluding carboxylic acids is 3. The molecule has 3 amide bonds. The van der Waals surface area contributed by atoms with Gasteiger partial charge in [-0.2, -0.15) is 0 Å². The molecule has 1 fully saturated rings. The van der Waals surface area contributed by atoms with Gasteiger partial charge in [-0.25, -0.2) is 0 Å². The van der Waals surface area contributed by atoms with Crippen molar-refractivity contribution in [3.05, 3.63) is 95.1 Å². The van der Waals surface area contributed by atoms with Gasteiger partial charge in [-0.3, -0.25) is 14.4 Å². The Kier molecular flexibility index (Phi) is 8.26. The summed E-state index contributed by atoms with van der Waals surface area (Å²) in [5.74, 6) is 0.504. The van der Waals surface area contributed by atoms with Crippen molar-refractivity contribution in [2.75, 3.05) is 20.8 Å². The molecule has 3 aromatic rings. The number of nitrogens with zero attached hydrogens (tertiary/aromatic N) is 1. The number of methoxy groups -OCH3 is 2. The van der Waals surface area contributed by atoms with Gasteiger partial charge < -0.3 is 25.0 Å². The molecule has 1 saturated heterocycles. The molecule has 2 aliphatic rings. The van der Waals surface area contributed by atoms with E-state index in [9.17, 15) is 14.4 Å². The zero-order valence-corrected chi connectivity index (χ0v) is 24.5. The van der Waals surface area contributed by atoms with Gasteiger partial charge in [-0.15, -0.1) is 11.8 Å². The zero-order chi connectivity index (χ0) is 29.1. The van der Waals surface area contributed by atoms with Crippen LogP contribution >= 0.6 is 11.8 Å². The molecule has 214 valence electrons. The van der Waals surface area contributed by atoms with Crippen LogP contribution in [0.5, 0.6) is 11.5 Å². The number of carbonyl (C=O) groups is 3. The zero-order valence-electron chi connectivity index (χ0n) is 23.7. The maximum atomic E-state index is 13.9. The van der Waals surface area contributed by atoms with Crippen LogP contribution in [0.2, 0.25) is 0 Å². The first-order valence-electron chi connectivity index (χ1n) is 13.7. The summed E-state index contributed by atoms with van der Waals surface area (Å²) in [5.41, 5.74) is 3.47. The summed E-state index contributed by atoms with van der Waals surface area (Å²) in [4.78, 5) is 42.5. The molecule has 3 atom stereocenters. The number of ether oxygens (including phenoxy) is 2. The molecule has 8 nitrogen and oxygen atoms in total. The minimum absolute atomic E-state index is 0.150. The Morgan fingerprint density at radius 3 is 2.39 bits per heavy atom. The van der Waals surface area contributed by atoms with Crippen LogP contribution in [-0.2, 0) is 22.4 Å². The molecule has 2 heterocycles. The lowest BCUT2D eigenvalue weighted by Crippen LogP contribution is -2.57. The van der Waals surface area contributed by atoms with Gasteiger partial charge in [0.1, 0.15) is 17.5 Å². The molecule has 2 aliphatic heterocycles. The van der Waals surface area contributed by atoms with E-state index in [1.807, 2.05) is 86.6 Å². The monoisotopic (exact) mass is 573 g/mol. The predicted octanol–water partition coefficient (Wildman–Crippen LogP) is 4.14. The molecule has 2 N–H and O–H groups in total. The van der Waals surface area contributed by atoms with Crippen LogP contribution in [0.25, 0.3) is 0 Å². The van der Waals surface area contributed by atoms with Crippen molar-refractivity contribution in [2.45, 2.75) is 48.9 Å². The van der Waals surface area contributed by atoms with E-state index in [1.165, 1.54) is 0 Å². The second-order valence-corrected chi connectivity index (χ2v) is 12.5. The fourth-order valence-electron chi connectivity index (χ4n) is 5.60. The van der Waals surface area contributed by atoms with Crippen molar-refractivity contribution in [3.8, 4) is 11.5 Å². The van der Waals surface area contributed by atoms with Crippen LogP contribution in [-0.4, -0.2) is 60.2 Å². The Bertz CT molecular complexity index is 1440. The Morgan fingerprint density at radius 2 is 1.66 bits per heavy atom. The molecule has 41 heavy (non-hydrogen) atoms. The Hall–Kier alpha value is -3.98. The first kappa shape index (κ1) is 28.5. The number of amides is 3. The van der Waals surface area contributed by atoms with Gasteiger partial charge in [0.2, 0.25) is 11.8 Å². The molecule has 0 spiro atoms. The van der Waals surface area contributed by atoms with E-state index in [0.717, 1.165) is 16.7 Å². The van der Waals surface area contributed by atoms with Crippen LogP contribution < -0.4 is 20.1 Å². The van der Waals surface area contributed by atoms with Crippen molar-refractivity contribution >= 4 is 29.5 Å². The summed E-state index contributed by atoms with van der Waals surface area (Å²) in [6.07, 6.45) is 0.902. The number of fused-ring (bicyclic) bond motifs is 3. The van der Waals surface area contributed by atoms with Crippen molar-refractivity contribution in [1.29, 1.82) is 0 Å².